The molecule has 0 aromatic heterocycles. The van der Waals surface area contributed by atoms with Crippen molar-refractivity contribution in [3.8, 4) is 5.75 Å². The molecule has 0 amide bonds. The molecule has 2 unspecified atom stereocenters. The van der Waals surface area contributed by atoms with E-state index in [0.717, 1.165) is 6.42 Å². The van der Waals surface area contributed by atoms with Gasteiger partial charge in [0.2, 0.25) is 0 Å². The van der Waals surface area contributed by atoms with Crippen molar-refractivity contribution in [2.45, 2.75) is 38.8 Å². The zero-order chi connectivity index (χ0) is 13.8. The number of phenolic OH excluding ortho intramolecular Hbond substituents is 1. The monoisotopic (exact) mass is 262 g/mol. The number of piperazine rings is 1. The van der Waals surface area contributed by atoms with Crippen LogP contribution in [0, 0.1) is 0 Å². The van der Waals surface area contributed by atoms with Gasteiger partial charge in [0.05, 0.1) is 0 Å². The van der Waals surface area contributed by atoms with Crippen LogP contribution in [0.15, 0.2) is 24.3 Å². The Morgan fingerprint density at radius 1 is 1.26 bits per heavy atom. The van der Waals surface area contributed by atoms with Crippen LogP contribution >= 0.6 is 0 Å². The lowest BCUT2D eigenvalue weighted by Gasteiger charge is -2.40. The first-order chi connectivity index (χ1) is 9.06. The average molecular weight is 262 g/mol. The van der Waals surface area contributed by atoms with Crippen LogP contribution in [0.25, 0.3) is 0 Å². The normalized spacial score (nSPS) is 23.4. The molecule has 0 aliphatic carbocycles. The Kier molecular flexibility index (Phi) is 4.83. The summed E-state index contributed by atoms with van der Waals surface area (Å²) in [6, 6.07) is 8.88. The highest BCUT2D eigenvalue weighted by molar-refractivity contribution is 5.25. The van der Waals surface area contributed by atoms with E-state index in [9.17, 15) is 5.11 Å². The summed E-state index contributed by atoms with van der Waals surface area (Å²) in [5.74, 6) is 0.352. The number of aryl methyl sites for hydroxylation is 1. The molecular weight excluding hydrogens is 236 g/mol. The van der Waals surface area contributed by atoms with Gasteiger partial charge in [-0.05, 0) is 51.4 Å². The number of rotatable bonds is 4. The van der Waals surface area contributed by atoms with Crippen LogP contribution in [0.3, 0.4) is 0 Å². The lowest BCUT2D eigenvalue weighted by atomic mass is 10.0. The summed E-state index contributed by atoms with van der Waals surface area (Å²) in [6.07, 6.45) is 2.27. The van der Waals surface area contributed by atoms with Crippen LogP contribution in [0.2, 0.25) is 0 Å². The molecule has 19 heavy (non-hydrogen) atoms. The fraction of sp³-hybridized carbons (Fsp3) is 0.625. The van der Waals surface area contributed by atoms with Crippen LogP contribution in [0.1, 0.15) is 25.8 Å². The number of hydrogen-bond donors (Lipinski definition) is 1. The molecule has 0 spiro atoms. The standard InChI is InChI=1S/C16H26N2O/c1-13(18-11-10-17(3)14(2)12-18)4-5-15-6-8-16(19)9-7-15/h6-9,13-14,19H,4-5,10-12H2,1-3H3. The summed E-state index contributed by atoms with van der Waals surface area (Å²) < 4.78 is 0. The molecule has 2 rings (SSSR count). The highest BCUT2D eigenvalue weighted by atomic mass is 16.3. The molecule has 1 saturated heterocycles. The second-order valence-corrected chi connectivity index (χ2v) is 5.88. The first kappa shape index (κ1) is 14.4. The molecule has 3 nitrogen and oxygen atoms in total. The molecule has 1 aromatic carbocycles. The van der Waals surface area contributed by atoms with E-state index in [-0.39, 0.29) is 0 Å². The number of phenols is 1. The van der Waals surface area contributed by atoms with Crippen LogP contribution in [0.4, 0.5) is 0 Å². The highest BCUT2D eigenvalue weighted by Gasteiger charge is 2.23. The van der Waals surface area contributed by atoms with E-state index < -0.39 is 0 Å². The summed E-state index contributed by atoms with van der Waals surface area (Å²) in [5.41, 5.74) is 1.31. The van der Waals surface area contributed by atoms with Gasteiger partial charge < -0.3 is 10.0 Å². The van der Waals surface area contributed by atoms with Gasteiger partial charge in [-0.15, -0.1) is 0 Å². The number of hydrogen-bond acceptors (Lipinski definition) is 3. The number of likely N-dealkylation sites (N-methyl/N-ethyl adjacent to an activating group) is 1. The molecule has 1 heterocycles. The average Bonchev–Trinajstić information content (AvgIpc) is 2.41. The highest BCUT2D eigenvalue weighted by Crippen LogP contribution is 2.16. The van der Waals surface area contributed by atoms with Gasteiger partial charge >= 0.3 is 0 Å². The lowest BCUT2D eigenvalue weighted by molar-refractivity contribution is 0.0748. The SMILES string of the molecule is CC1CN(C(C)CCc2ccc(O)cc2)CCN1C. The molecule has 3 heteroatoms. The van der Waals surface area contributed by atoms with E-state index in [1.807, 2.05) is 12.1 Å². The van der Waals surface area contributed by atoms with E-state index in [0.29, 0.717) is 17.8 Å². The van der Waals surface area contributed by atoms with Crippen molar-refractivity contribution in [2.24, 2.45) is 0 Å². The van der Waals surface area contributed by atoms with Gasteiger partial charge in [0.25, 0.3) is 0 Å². The van der Waals surface area contributed by atoms with E-state index >= 15 is 0 Å². The zero-order valence-electron chi connectivity index (χ0n) is 12.3. The lowest BCUT2D eigenvalue weighted by Crippen LogP contribution is -2.52. The molecular formula is C16H26N2O. The van der Waals surface area contributed by atoms with Crippen molar-refractivity contribution in [2.75, 3.05) is 26.7 Å². The smallest absolute Gasteiger partial charge is 0.115 e. The molecule has 1 aromatic rings. The van der Waals surface area contributed by atoms with Crippen LogP contribution in [-0.2, 0) is 6.42 Å². The Bertz CT molecular complexity index is 390. The predicted octanol–water partition coefficient (Wildman–Crippen LogP) is 2.35. The third-order valence-corrected chi connectivity index (χ3v) is 4.40. The summed E-state index contributed by atoms with van der Waals surface area (Å²) in [6.45, 7) is 8.16. The minimum atomic E-state index is 0.352. The van der Waals surface area contributed by atoms with Crippen LogP contribution in [0.5, 0.6) is 5.75 Å². The van der Waals surface area contributed by atoms with Crippen molar-refractivity contribution >= 4 is 0 Å². The van der Waals surface area contributed by atoms with E-state index in [4.69, 9.17) is 0 Å². The zero-order valence-corrected chi connectivity index (χ0v) is 12.3. The van der Waals surface area contributed by atoms with Gasteiger partial charge in [0.1, 0.15) is 5.75 Å². The first-order valence-corrected chi connectivity index (χ1v) is 7.28. The molecule has 1 aliphatic heterocycles. The topological polar surface area (TPSA) is 26.7 Å². The maximum absolute atomic E-state index is 9.28. The van der Waals surface area contributed by atoms with Gasteiger partial charge in [-0.1, -0.05) is 12.1 Å². The van der Waals surface area contributed by atoms with Gasteiger partial charge in [0, 0.05) is 31.7 Å². The third-order valence-electron chi connectivity index (χ3n) is 4.40. The van der Waals surface area contributed by atoms with Crippen LogP contribution in [-0.4, -0.2) is 53.7 Å². The molecule has 0 saturated carbocycles. The fourth-order valence-electron chi connectivity index (χ4n) is 2.70. The molecule has 1 fully saturated rings. The molecule has 2 atom stereocenters. The minimum Gasteiger partial charge on any atom is -0.508 e. The predicted molar refractivity (Wildman–Crippen MR) is 79.6 cm³/mol. The van der Waals surface area contributed by atoms with Gasteiger partial charge in [-0.2, -0.15) is 0 Å². The third kappa shape index (κ3) is 3.95. The summed E-state index contributed by atoms with van der Waals surface area (Å²) in [5, 5.41) is 9.28. The molecule has 1 N–H and O–H groups in total. The minimum absolute atomic E-state index is 0.352. The van der Waals surface area contributed by atoms with Crippen molar-refractivity contribution in [3.63, 3.8) is 0 Å². The summed E-state index contributed by atoms with van der Waals surface area (Å²) >= 11 is 0. The van der Waals surface area contributed by atoms with Crippen molar-refractivity contribution in [1.29, 1.82) is 0 Å². The number of aromatic hydroxyl groups is 1. The maximum Gasteiger partial charge on any atom is 0.115 e. The summed E-state index contributed by atoms with van der Waals surface area (Å²) in [7, 11) is 2.21. The Hall–Kier alpha value is -1.06. The maximum atomic E-state index is 9.28. The molecule has 0 bridgehead atoms. The van der Waals surface area contributed by atoms with E-state index in [1.165, 1.54) is 31.6 Å². The quantitative estimate of drug-likeness (QED) is 0.902. The fourth-order valence-corrected chi connectivity index (χ4v) is 2.70. The van der Waals surface area contributed by atoms with E-state index in [1.54, 1.807) is 12.1 Å². The summed E-state index contributed by atoms with van der Waals surface area (Å²) in [4.78, 5) is 5.04. The molecule has 1 aliphatic rings. The van der Waals surface area contributed by atoms with Crippen molar-refractivity contribution in [3.05, 3.63) is 29.8 Å². The first-order valence-electron chi connectivity index (χ1n) is 7.28. The molecule has 106 valence electrons. The van der Waals surface area contributed by atoms with Gasteiger partial charge in [-0.25, -0.2) is 0 Å². The number of nitrogens with zero attached hydrogens (tertiary/aromatic N) is 2. The van der Waals surface area contributed by atoms with Crippen LogP contribution < -0.4 is 0 Å². The Morgan fingerprint density at radius 2 is 1.95 bits per heavy atom. The Labute approximate surface area is 116 Å². The number of benzene rings is 1. The van der Waals surface area contributed by atoms with Gasteiger partial charge in [0.15, 0.2) is 0 Å². The van der Waals surface area contributed by atoms with E-state index in [2.05, 4.69) is 30.7 Å². The molecule has 0 radical (unpaired) electrons. The Balaban J connectivity index is 1.81. The van der Waals surface area contributed by atoms with Gasteiger partial charge in [-0.3, -0.25) is 4.90 Å². The second-order valence-electron chi connectivity index (χ2n) is 5.88. The second kappa shape index (κ2) is 6.40. The van der Waals surface area contributed by atoms with Crippen molar-refractivity contribution in [1.82, 2.24) is 9.80 Å². The largest absolute Gasteiger partial charge is 0.508 e. The van der Waals surface area contributed by atoms with Crippen molar-refractivity contribution < 1.29 is 5.11 Å². The Morgan fingerprint density at radius 3 is 2.58 bits per heavy atom.